The number of nitrogens with zero attached hydrogens (tertiary/aromatic N) is 1. The molecule has 3 heteroatoms. The molecule has 0 atom stereocenters. The molecule has 0 amide bonds. The van der Waals surface area contributed by atoms with E-state index < -0.39 is 0 Å². The Morgan fingerprint density at radius 2 is 1.04 bits per heavy atom. The first-order valence-corrected chi connectivity index (χ1v) is 17.4. The van der Waals surface area contributed by atoms with Crippen LogP contribution in [0.25, 0.3) is 75.1 Å². The molecule has 0 bridgehead atoms. The number of para-hydroxylation sites is 2. The van der Waals surface area contributed by atoms with Gasteiger partial charge in [0, 0.05) is 47.6 Å². The highest BCUT2D eigenvalue weighted by atomic mass is 32.1. The number of anilines is 3. The summed E-state index contributed by atoms with van der Waals surface area (Å²) in [4.78, 5) is 2.45. The van der Waals surface area contributed by atoms with Crippen molar-refractivity contribution in [3.63, 3.8) is 0 Å². The summed E-state index contributed by atoms with van der Waals surface area (Å²) >= 11 is 1.87. The Morgan fingerprint density at radius 3 is 1.92 bits per heavy atom. The molecule has 2 heterocycles. The van der Waals surface area contributed by atoms with Gasteiger partial charge in [0.2, 0.25) is 0 Å². The Morgan fingerprint density at radius 1 is 0.408 bits per heavy atom. The molecule has 10 aromatic rings. The van der Waals surface area contributed by atoms with Crippen LogP contribution in [0.1, 0.15) is 0 Å². The maximum Gasteiger partial charge on any atom is 0.143 e. The monoisotopic (exact) mass is 643 g/mol. The Bertz CT molecular complexity index is 2840. The Kier molecular flexibility index (Phi) is 6.39. The summed E-state index contributed by atoms with van der Waals surface area (Å²) in [6, 6.07) is 63.1. The van der Waals surface area contributed by atoms with Gasteiger partial charge in [-0.25, -0.2) is 0 Å². The molecule has 0 aliphatic carbocycles. The molecule has 0 aliphatic rings. The third-order valence-corrected chi connectivity index (χ3v) is 10.9. The summed E-state index contributed by atoms with van der Waals surface area (Å²) in [5.41, 5.74) is 9.81. The van der Waals surface area contributed by atoms with Crippen LogP contribution in [0, 0.1) is 0 Å². The topological polar surface area (TPSA) is 16.4 Å². The van der Waals surface area contributed by atoms with Gasteiger partial charge in [0.05, 0.1) is 22.4 Å². The molecule has 49 heavy (non-hydrogen) atoms. The second kappa shape index (κ2) is 11.2. The van der Waals surface area contributed by atoms with Gasteiger partial charge in [-0.1, -0.05) is 140 Å². The first kappa shape index (κ1) is 27.9. The lowest BCUT2D eigenvalue weighted by Crippen LogP contribution is -2.12. The van der Waals surface area contributed by atoms with Gasteiger partial charge in [-0.15, -0.1) is 11.3 Å². The van der Waals surface area contributed by atoms with E-state index in [1.54, 1.807) is 0 Å². The molecule has 0 fully saturated rings. The summed E-state index contributed by atoms with van der Waals surface area (Å²) in [7, 11) is 0. The average Bonchev–Trinajstić information content (AvgIpc) is 3.75. The summed E-state index contributed by atoms with van der Waals surface area (Å²) in [6.07, 6.45) is 0. The minimum absolute atomic E-state index is 0.870. The predicted octanol–water partition coefficient (Wildman–Crippen LogP) is 13.9. The van der Waals surface area contributed by atoms with E-state index in [0.29, 0.717) is 0 Å². The SMILES string of the molecule is c1ccc(-c2ccccc2N(c2ccccc2-c2cccc3c2sc2ccccc23)c2cccc3oc4c5ccccc5ccc4c23)cc1. The van der Waals surface area contributed by atoms with E-state index in [1.165, 1.54) is 42.2 Å². The summed E-state index contributed by atoms with van der Waals surface area (Å²) < 4.78 is 9.32. The van der Waals surface area contributed by atoms with Crippen molar-refractivity contribution in [2.24, 2.45) is 0 Å². The van der Waals surface area contributed by atoms with Crippen molar-refractivity contribution in [2.45, 2.75) is 0 Å². The molecular formula is C46H29NOS. The van der Waals surface area contributed by atoms with Gasteiger partial charge in [-0.3, -0.25) is 0 Å². The zero-order valence-electron chi connectivity index (χ0n) is 26.5. The van der Waals surface area contributed by atoms with Gasteiger partial charge < -0.3 is 9.32 Å². The third kappa shape index (κ3) is 4.40. The molecule has 2 aromatic heterocycles. The normalized spacial score (nSPS) is 11.7. The summed E-state index contributed by atoms with van der Waals surface area (Å²) in [5, 5.41) is 7.09. The number of fused-ring (bicyclic) bond motifs is 8. The molecule has 230 valence electrons. The maximum absolute atomic E-state index is 6.72. The molecule has 0 spiro atoms. The highest BCUT2D eigenvalue weighted by molar-refractivity contribution is 7.26. The van der Waals surface area contributed by atoms with Gasteiger partial charge in [0.15, 0.2) is 0 Å². The van der Waals surface area contributed by atoms with Crippen molar-refractivity contribution < 1.29 is 4.42 Å². The van der Waals surface area contributed by atoms with Crippen LogP contribution in [-0.4, -0.2) is 0 Å². The van der Waals surface area contributed by atoms with Crippen molar-refractivity contribution in [2.75, 3.05) is 4.90 Å². The van der Waals surface area contributed by atoms with E-state index in [2.05, 4.69) is 181 Å². The van der Waals surface area contributed by atoms with Crippen molar-refractivity contribution in [3.05, 3.63) is 176 Å². The zero-order chi connectivity index (χ0) is 32.3. The highest BCUT2D eigenvalue weighted by Crippen LogP contribution is 2.50. The van der Waals surface area contributed by atoms with Crippen molar-refractivity contribution in [3.8, 4) is 22.3 Å². The van der Waals surface area contributed by atoms with Crippen LogP contribution in [0.3, 0.4) is 0 Å². The fraction of sp³-hybridized carbons (Fsp3) is 0. The van der Waals surface area contributed by atoms with Gasteiger partial charge >= 0.3 is 0 Å². The Balaban J connectivity index is 1.31. The highest BCUT2D eigenvalue weighted by Gasteiger charge is 2.25. The summed E-state index contributed by atoms with van der Waals surface area (Å²) in [6.45, 7) is 0. The van der Waals surface area contributed by atoms with E-state index in [4.69, 9.17) is 4.42 Å². The van der Waals surface area contributed by atoms with Crippen LogP contribution in [0.5, 0.6) is 0 Å². The molecule has 0 saturated carbocycles. The van der Waals surface area contributed by atoms with Crippen molar-refractivity contribution >= 4 is 81.3 Å². The number of hydrogen-bond donors (Lipinski definition) is 0. The van der Waals surface area contributed by atoms with Gasteiger partial charge in [-0.2, -0.15) is 0 Å². The first-order valence-electron chi connectivity index (χ1n) is 16.6. The lowest BCUT2D eigenvalue weighted by atomic mass is 9.97. The van der Waals surface area contributed by atoms with Crippen LogP contribution < -0.4 is 4.90 Å². The van der Waals surface area contributed by atoms with E-state index in [1.807, 2.05) is 11.3 Å². The van der Waals surface area contributed by atoms with Gasteiger partial charge in [0.25, 0.3) is 0 Å². The first-order chi connectivity index (χ1) is 24.3. The molecule has 8 aromatic carbocycles. The fourth-order valence-electron chi connectivity index (χ4n) is 7.50. The molecule has 2 nitrogen and oxygen atoms in total. The number of rotatable bonds is 5. The minimum atomic E-state index is 0.870. The lowest BCUT2D eigenvalue weighted by molar-refractivity contribution is 0.672. The Labute approximate surface area is 287 Å². The smallest absolute Gasteiger partial charge is 0.143 e. The van der Waals surface area contributed by atoms with E-state index in [0.717, 1.165) is 50.0 Å². The number of hydrogen-bond acceptors (Lipinski definition) is 3. The van der Waals surface area contributed by atoms with Crippen LogP contribution in [-0.2, 0) is 0 Å². The molecule has 0 N–H and O–H groups in total. The minimum Gasteiger partial charge on any atom is -0.455 e. The van der Waals surface area contributed by atoms with E-state index in [9.17, 15) is 0 Å². The predicted molar refractivity (Wildman–Crippen MR) is 210 cm³/mol. The van der Waals surface area contributed by atoms with Gasteiger partial charge in [0.1, 0.15) is 11.2 Å². The molecular weight excluding hydrogens is 615 g/mol. The fourth-order valence-corrected chi connectivity index (χ4v) is 8.73. The van der Waals surface area contributed by atoms with Crippen molar-refractivity contribution in [1.82, 2.24) is 0 Å². The number of thiophene rings is 1. The molecule has 10 rings (SSSR count). The molecule has 0 unspecified atom stereocenters. The van der Waals surface area contributed by atoms with Crippen LogP contribution >= 0.6 is 11.3 Å². The van der Waals surface area contributed by atoms with Crippen LogP contribution in [0.2, 0.25) is 0 Å². The average molecular weight is 644 g/mol. The molecule has 0 saturated heterocycles. The molecule has 0 aliphatic heterocycles. The standard InChI is InChI=1S/C46H29NOS/c1-2-14-30(15-3-1)32-17-6-9-23-39(32)47(41-25-13-26-42-44(41)38-29-28-31-16-4-5-18-33(31)45(38)48-42)40-24-10-7-19-34(40)36-21-12-22-37-35-20-8-11-27-43(35)49-46(36)37/h1-29H. The maximum atomic E-state index is 6.72. The van der Waals surface area contributed by atoms with E-state index >= 15 is 0 Å². The molecule has 0 radical (unpaired) electrons. The van der Waals surface area contributed by atoms with Gasteiger partial charge in [-0.05, 0) is 47.3 Å². The lowest BCUT2D eigenvalue weighted by Gasteiger charge is -2.30. The summed E-state index contributed by atoms with van der Waals surface area (Å²) in [5.74, 6) is 0. The largest absolute Gasteiger partial charge is 0.455 e. The zero-order valence-corrected chi connectivity index (χ0v) is 27.3. The second-order valence-corrected chi connectivity index (χ2v) is 13.5. The third-order valence-electron chi connectivity index (χ3n) is 9.68. The quantitative estimate of drug-likeness (QED) is 0.186. The van der Waals surface area contributed by atoms with E-state index in [-0.39, 0.29) is 0 Å². The van der Waals surface area contributed by atoms with Crippen LogP contribution in [0.4, 0.5) is 17.1 Å². The number of furan rings is 1. The Hall–Kier alpha value is -6.16. The second-order valence-electron chi connectivity index (χ2n) is 12.4. The van der Waals surface area contributed by atoms with Crippen LogP contribution in [0.15, 0.2) is 180 Å². The number of benzene rings is 8. The van der Waals surface area contributed by atoms with Crippen molar-refractivity contribution in [1.29, 1.82) is 0 Å².